The molecule has 0 bridgehead atoms. The molecule has 3 rings (SSSR count). The molecule has 1 spiro atoms. The molecule has 1 unspecified atom stereocenters. The number of hydrogen-bond donors (Lipinski definition) is 1. The summed E-state index contributed by atoms with van der Waals surface area (Å²) in [4.78, 5) is 40.9. The summed E-state index contributed by atoms with van der Waals surface area (Å²) in [7, 11) is 7.35. The zero-order chi connectivity index (χ0) is 22.9. The second-order valence-corrected chi connectivity index (χ2v) is 7.58. The summed E-state index contributed by atoms with van der Waals surface area (Å²) in [6.45, 7) is 2.31. The normalized spacial score (nSPS) is 22.2. The molecule has 0 aromatic carbocycles. The van der Waals surface area contributed by atoms with Gasteiger partial charge in [-0.1, -0.05) is 0 Å². The summed E-state index contributed by atoms with van der Waals surface area (Å²) in [6, 6.07) is 0.0279. The van der Waals surface area contributed by atoms with E-state index in [1.54, 1.807) is 34.8 Å². The van der Waals surface area contributed by atoms with E-state index in [0.717, 1.165) is 18.7 Å². The van der Waals surface area contributed by atoms with Crippen molar-refractivity contribution in [3.8, 4) is 0 Å². The number of carboxylic acids is 1. The maximum Gasteiger partial charge on any atom is 0.490 e. The van der Waals surface area contributed by atoms with Crippen LogP contribution in [0.1, 0.15) is 6.42 Å². The molecule has 13 heteroatoms. The van der Waals surface area contributed by atoms with E-state index < -0.39 is 12.1 Å². The zero-order valence-corrected chi connectivity index (χ0v) is 17.2. The topological polar surface area (TPSA) is 102 Å². The number of likely N-dealkylation sites (N-methyl/N-ethyl adjacent to an activating group) is 1. The van der Waals surface area contributed by atoms with Crippen molar-refractivity contribution in [2.45, 2.75) is 18.1 Å². The molecular formula is C17H25F3N6O4. The van der Waals surface area contributed by atoms with E-state index in [9.17, 15) is 22.8 Å². The van der Waals surface area contributed by atoms with Gasteiger partial charge in [-0.2, -0.15) is 18.3 Å². The van der Waals surface area contributed by atoms with Crippen molar-refractivity contribution in [2.75, 3.05) is 52.2 Å². The lowest BCUT2D eigenvalue weighted by Crippen LogP contribution is -2.64. The fourth-order valence-electron chi connectivity index (χ4n) is 3.49. The van der Waals surface area contributed by atoms with Crippen molar-refractivity contribution < 1.29 is 32.7 Å². The zero-order valence-electron chi connectivity index (χ0n) is 17.2. The van der Waals surface area contributed by atoms with E-state index in [-0.39, 0.29) is 17.5 Å². The first kappa shape index (κ1) is 23.4. The van der Waals surface area contributed by atoms with Crippen LogP contribution >= 0.6 is 0 Å². The Kier molecular flexibility index (Phi) is 6.64. The van der Waals surface area contributed by atoms with E-state index in [4.69, 9.17) is 9.90 Å². The third kappa shape index (κ3) is 5.01. The molecule has 2 aliphatic rings. The second kappa shape index (κ2) is 8.50. The van der Waals surface area contributed by atoms with Crippen molar-refractivity contribution in [2.24, 2.45) is 7.05 Å². The van der Waals surface area contributed by atoms with Gasteiger partial charge in [-0.15, -0.1) is 0 Å². The van der Waals surface area contributed by atoms with E-state index in [0.29, 0.717) is 19.6 Å². The average Bonchev–Trinajstić information content (AvgIpc) is 3.25. The van der Waals surface area contributed by atoms with Gasteiger partial charge in [0.15, 0.2) is 0 Å². The van der Waals surface area contributed by atoms with Gasteiger partial charge in [0, 0.05) is 47.0 Å². The molecular weight excluding hydrogens is 409 g/mol. The van der Waals surface area contributed by atoms with Crippen molar-refractivity contribution in [1.82, 2.24) is 24.5 Å². The number of aryl methyl sites for hydroxylation is 1. The Labute approximate surface area is 171 Å². The highest BCUT2D eigenvalue weighted by molar-refractivity contribution is 5.95. The Balaban J connectivity index is 0.000000396. The molecule has 0 aliphatic carbocycles. The third-order valence-electron chi connectivity index (χ3n) is 5.17. The van der Waals surface area contributed by atoms with Crippen LogP contribution in [-0.4, -0.2) is 107 Å². The fourth-order valence-corrected chi connectivity index (χ4v) is 3.49. The molecule has 1 atom stereocenters. The standard InChI is InChI=1S/C15H24N6O2.C2HF3O2/c1-17(2)14(23)20-6-5-15(10-20)11-21(13(22)9-18(15)3)12-7-16-19(4)8-12;3-2(4,5)1(6)7/h7-8H,5-6,9-11H2,1-4H3;(H,6,7). The summed E-state index contributed by atoms with van der Waals surface area (Å²) in [6.07, 6.45) is -0.643. The monoisotopic (exact) mass is 434 g/mol. The minimum absolute atomic E-state index is 0.0279. The molecule has 168 valence electrons. The predicted molar refractivity (Wildman–Crippen MR) is 99.9 cm³/mol. The number of halogens is 3. The fraction of sp³-hybridized carbons (Fsp3) is 0.647. The lowest BCUT2D eigenvalue weighted by Gasteiger charge is -2.46. The molecule has 0 saturated carbocycles. The summed E-state index contributed by atoms with van der Waals surface area (Å²) in [5, 5.41) is 11.3. The molecule has 1 aromatic heterocycles. The van der Waals surface area contributed by atoms with Crippen molar-refractivity contribution in [3.63, 3.8) is 0 Å². The average molecular weight is 434 g/mol. The lowest BCUT2D eigenvalue weighted by molar-refractivity contribution is -0.192. The molecule has 1 N–H and O–H groups in total. The third-order valence-corrected chi connectivity index (χ3v) is 5.17. The van der Waals surface area contributed by atoms with Gasteiger partial charge in [0.2, 0.25) is 5.91 Å². The minimum Gasteiger partial charge on any atom is -0.475 e. The maximum absolute atomic E-state index is 12.4. The number of rotatable bonds is 1. The molecule has 3 heterocycles. The SMILES string of the molecule is CN(C)C(=O)N1CCC2(C1)CN(c1cnn(C)c1)C(=O)CN2C.O=C(O)C(F)(F)F. The number of carbonyl (C=O) groups excluding carboxylic acids is 2. The summed E-state index contributed by atoms with van der Waals surface area (Å²) in [5.41, 5.74) is 0.637. The van der Waals surface area contributed by atoms with Crippen molar-refractivity contribution >= 4 is 23.6 Å². The minimum atomic E-state index is -5.08. The molecule has 2 saturated heterocycles. The molecule has 30 heavy (non-hydrogen) atoms. The summed E-state index contributed by atoms with van der Waals surface area (Å²) < 4.78 is 33.4. The summed E-state index contributed by atoms with van der Waals surface area (Å²) >= 11 is 0. The van der Waals surface area contributed by atoms with Crippen LogP contribution in [0.3, 0.4) is 0 Å². The number of carbonyl (C=O) groups is 3. The van der Waals surface area contributed by atoms with Gasteiger partial charge in [0.1, 0.15) is 0 Å². The first-order chi connectivity index (χ1) is 13.8. The molecule has 2 fully saturated rings. The number of nitrogens with zero attached hydrogens (tertiary/aromatic N) is 6. The number of likely N-dealkylation sites (tertiary alicyclic amines) is 1. The van der Waals surface area contributed by atoms with Gasteiger partial charge in [-0.3, -0.25) is 14.4 Å². The van der Waals surface area contributed by atoms with Crippen LogP contribution in [0, 0.1) is 0 Å². The molecule has 2 aliphatic heterocycles. The number of carboxylic acid groups (broad SMARTS) is 1. The van der Waals surface area contributed by atoms with Gasteiger partial charge >= 0.3 is 18.2 Å². The highest BCUT2D eigenvalue weighted by Gasteiger charge is 2.49. The van der Waals surface area contributed by atoms with Crippen LogP contribution < -0.4 is 4.90 Å². The van der Waals surface area contributed by atoms with Gasteiger partial charge in [0.25, 0.3) is 0 Å². The van der Waals surface area contributed by atoms with E-state index in [1.165, 1.54) is 0 Å². The number of aromatic nitrogens is 2. The number of urea groups is 1. The van der Waals surface area contributed by atoms with Gasteiger partial charge in [0.05, 0.1) is 24.0 Å². The Morgan fingerprint density at radius 3 is 2.30 bits per heavy atom. The van der Waals surface area contributed by atoms with E-state index >= 15 is 0 Å². The van der Waals surface area contributed by atoms with Crippen molar-refractivity contribution in [3.05, 3.63) is 12.4 Å². The van der Waals surface area contributed by atoms with Gasteiger partial charge in [-0.25, -0.2) is 9.59 Å². The van der Waals surface area contributed by atoms with E-state index in [1.807, 2.05) is 25.2 Å². The quantitative estimate of drug-likeness (QED) is 0.689. The molecule has 3 amide bonds. The number of aliphatic carboxylic acids is 1. The smallest absolute Gasteiger partial charge is 0.475 e. The van der Waals surface area contributed by atoms with Gasteiger partial charge in [-0.05, 0) is 13.5 Å². The number of piperazine rings is 1. The predicted octanol–water partition coefficient (Wildman–Crippen LogP) is 0.458. The van der Waals surface area contributed by atoms with E-state index in [2.05, 4.69) is 10.00 Å². The van der Waals surface area contributed by atoms with Crippen LogP contribution in [0.4, 0.5) is 23.7 Å². The van der Waals surface area contributed by atoms with Gasteiger partial charge < -0.3 is 19.8 Å². The Morgan fingerprint density at radius 2 is 1.83 bits per heavy atom. The first-order valence-corrected chi connectivity index (χ1v) is 9.03. The highest BCUT2D eigenvalue weighted by Crippen LogP contribution is 2.33. The molecule has 1 aromatic rings. The summed E-state index contributed by atoms with van der Waals surface area (Å²) in [5.74, 6) is -2.68. The second-order valence-electron chi connectivity index (χ2n) is 7.58. The largest absolute Gasteiger partial charge is 0.490 e. The number of amides is 3. The highest BCUT2D eigenvalue weighted by atomic mass is 19.4. The Hall–Kier alpha value is -2.83. The Morgan fingerprint density at radius 1 is 1.23 bits per heavy atom. The number of anilines is 1. The first-order valence-electron chi connectivity index (χ1n) is 9.03. The van der Waals surface area contributed by atoms with Crippen LogP contribution in [0.15, 0.2) is 12.4 Å². The maximum atomic E-state index is 12.4. The molecule has 10 nitrogen and oxygen atoms in total. The van der Waals surface area contributed by atoms with Crippen molar-refractivity contribution in [1.29, 1.82) is 0 Å². The van der Waals surface area contributed by atoms with Crippen LogP contribution in [0.5, 0.6) is 0 Å². The van der Waals surface area contributed by atoms with Crippen LogP contribution in [0.2, 0.25) is 0 Å². The lowest BCUT2D eigenvalue weighted by atomic mass is 9.93. The number of hydrogen-bond acceptors (Lipinski definition) is 5. The Bertz CT molecular complexity index is 812. The van der Waals surface area contributed by atoms with Crippen LogP contribution in [-0.2, 0) is 16.6 Å². The number of alkyl halides is 3. The van der Waals surface area contributed by atoms with Crippen LogP contribution in [0.25, 0.3) is 0 Å². The molecule has 0 radical (unpaired) electrons.